The minimum Gasteiger partial charge on any atom is -0.351 e. The lowest BCUT2D eigenvalue weighted by atomic mass is 10.1. The largest absolute Gasteiger partial charge is 0.351 e. The molecule has 0 aliphatic carbocycles. The highest BCUT2D eigenvalue weighted by molar-refractivity contribution is 9.09. The predicted molar refractivity (Wildman–Crippen MR) is 61.9 cm³/mol. The quantitative estimate of drug-likeness (QED) is 0.823. The van der Waals surface area contributed by atoms with Gasteiger partial charge in [0.2, 0.25) is 0 Å². The third kappa shape index (κ3) is 3.14. The van der Waals surface area contributed by atoms with Crippen molar-refractivity contribution in [2.45, 2.75) is 13.3 Å². The van der Waals surface area contributed by atoms with Gasteiger partial charge in [0.1, 0.15) is 0 Å². The number of rotatable bonds is 4. The highest BCUT2D eigenvalue weighted by Crippen LogP contribution is 2.04. The van der Waals surface area contributed by atoms with Crippen LogP contribution >= 0.6 is 15.9 Å². The first kappa shape index (κ1) is 11.2. The van der Waals surface area contributed by atoms with Gasteiger partial charge in [0.05, 0.1) is 0 Å². The average molecular weight is 256 g/mol. The molecule has 1 rings (SSSR count). The summed E-state index contributed by atoms with van der Waals surface area (Å²) in [6.45, 7) is 2.76. The molecule has 0 saturated heterocycles. The van der Waals surface area contributed by atoms with Gasteiger partial charge in [-0.15, -0.1) is 0 Å². The Labute approximate surface area is 92.8 Å². The molecule has 0 aromatic heterocycles. The van der Waals surface area contributed by atoms with Crippen molar-refractivity contribution < 1.29 is 4.79 Å². The fraction of sp³-hybridized carbons (Fsp3) is 0.364. The van der Waals surface area contributed by atoms with Crippen molar-refractivity contribution in [3.05, 3.63) is 35.4 Å². The second-order valence-corrected chi connectivity index (χ2v) is 3.79. The fourth-order valence-electron chi connectivity index (χ4n) is 1.15. The SMILES string of the molecule is CCc1ccc(C(=O)NCCBr)cc1. The molecule has 0 unspecified atom stereocenters. The zero-order valence-corrected chi connectivity index (χ0v) is 9.80. The molecule has 0 heterocycles. The van der Waals surface area contributed by atoms with Crippen molar-refractivity contribution in [3.63, 3.8) is 0 Å². The summed E-state index contributed by atoms with van der Waals surface area (Å²) in [5, 5.41) is 3.58. The van der Waals surface area contributed by atoms with Crippen LogP contribution in [0.15, 0.2) is 24.3 Å². The Bertz CT molecular complexity index is 295. The highest BCUT2D eigenvalue weighted by atomic mass is 79.9. The van der Waals surface area contributed by atoms with Gasteiger partial charge in [-0.3, -0.25) is 4.79 Å². The molecule has 3 heteroatoms. The Morgan fingerprint density at radius 2 is 2.00 bits per heavy atom. The van der Waals surface area contributed by atoms with Crippen molar-refractivity contribution in [3.8, 4) is 0 Å². The van der Waals surface area contributed by atoms with E-state index in [0.717, 1.165) is 17.3 Å². The Morgan fingerprint density at radius 3 is 2.50 bits per heavy atom. The summed E-state index contributed by atoms with van der Waals surface area (Å²) < 4.78 is 0. The van der Waals surface area contributed by atoms with E-state index in [9.17, 15) is 4.79 Å². The van der Waals surface area contributed by atoms with E-state index in [1.807, 2.05) is 24.3 Å². The van der Waals surface area contributed by atoms with Crippen molar-refractivity contribution in [1.82, 2.24) is 5.32 Å². The van der Waals surface area contributed by atoms with Gasteiger partial charge in [0.15, 0.2) is 0 Å². The zero-order valence-electron chi connectivity index (χ0n) is 8.22. The van der Waals surface area contributed by atoms with Crippen molar-refractivity contribution >= 4 is 21.8 Å². The maximum atomic E-state index is 11.5. The number of aryl methyl sites for hydroxylation is 1. The van der Waals surface area contributed by atoms with E-state index in [4.69, 9.17) is 0 Å². The number of carbonyl (C=O) groups excluding carboxylic acids is 1. The van der Waals surface area contributed by atoms with Crippen LogP contribution in [0.2, 0.25) is 0 Å². The molecule has 1 amide bonds. The molecule has 1 aromatic carbocycles. The fourth-order valence-corrected chi connectivity index (χ4v) is 1.35. The van der Waals surface area contributed by atoms with E-state index in [1.54, 1.807) is 0 Å². The van der Waals surface area contributed by atoms with Crippen LogP contribution in [0.3, 0.4) is 0 Å². The smallest absolute Gasteiger partial charge is 0.251 e. The lowest BCUT2D eigenvalue weighted by molar-refractivity contribution is 0.0956. The minimum atomic E-state index is -0.00731. The molecule has 0 atom stereocenters. The van der Waals surface area contributed by atoms with E-state index < -0.39 is 0 Å². The Balaban J connectivity index is 2.62. The van der Waals surface area contributed by atoms with E-state index in [0.29, 0.717) is 6.54 Å². The van der Waals surface area contributed by atoms with Crippen molar-refractivity contribution in [1.29, 1.82) is 0 Å². The minimum absolute atomic E-state index is 0.00731. The number of nitrogens with one attached hydrogen (secondary N) is 1. The highest BCUT2D eigenvalue weighted by Gasteiger charge is 2.02. The molecule has 14 heavy (non-hydrogen) atoms. The number of halogens is 1. The van der Waals surface area contributed by atoms with Gasteiger partial charge in [0, 0.05) is 17.4 Å². The summed E-state index contributed by atoms with van der Waals surface area (Å²) in [4.78, 5) is 11.5. The van der Waals surface area contributed by atoms with Crippen molar-refractivity contribution in [2.24, 2.45) is 0 Å². The number of alkyl halides is 1. The molecule has 76 valence electrons. The molecule has 0 saturated carbocycles. The first-order valence-electron chi connectivity index (χ1n) is 4.71. The predicted octanol–water partition coefficient (Wildman–Crippen LogP) is 2.37. The maximum Gasteiger partial charge on any atom is 0.251 e. The van der Waals surface area contributed by atoms with E-state index in [-0.39, 0.29) is 5.91 Å². The Hall–Kier alpha value is -0.830. The molecule has 0 bridgehead atoms. The zero-order chi connectivity index (χ0) is 10.4. The summed E-state index contributed by atoms with van der Waals surface area (Å²) in [7, 11) is 0. The first-order chi connectivity index (χ1) is 6.77. The first-order valence-corrected chi connectivity index (χ1v) is 5.83. The van der Waals surface area contributed by atoms with Gasteiger partial charge in [-0.05, 0) is 24.1 Å². The van der Waals surface area contributed by atoms with Gasteiger partial charge in [-0.2, -0.15) is 0 Å². The van der Waals surface area contributed by atoms with Gasteiger partial charge in [0.25, 0.3) is 5.91 Å². The molecular weight excluding hydrogens is 242 g/mol. The van der Waals surface area contributed by atoms with Gasteiger partial charge >= 0.3 is 0 Å². The second-order valence-electron chi connectivity index (χ2n) is 3.00. The van der Waals surface area contributed by atoms with Crippen LogP contribution in [0.5, 0.6) is 0 Å². The molecule has 1 aromatic rings. The van der Waals surface area contributed by atoms with Crippen LogP contribution in [0, 0.1) is 0 Å². The normalized spacial score (nSPS) is 9.86. The third-order valence-corrected chi connectivity index (χ3v) is 2.40. The van der Waals surface area contributed by atoms with Crippen LogP contribution in [0.1, 0.15) is 22.8 Å². The number of amides is 1. The second kappa shape index (κ2) is 5.81. The number of benzene rings is 1. The summed E-state index contributed by atoms with van der Waals surface area (Å²) in [6, 6.07) is 7.71. The maximum absolute atomic E-state index is 11.5. The molecule has 2 nitrogen and oxygen atoms in total. The lowest BCUT2D eigenvalue weighted by Crippen LogP contribution is -2.25. The van der Waals surface area contributed by atoms with E-state index in [1.165, 1.54) is 5.56 Å². The standard InChI is InChI=1S/C11H14BrNO/c1-2-9-3-5-10(6-4-9)11(14)13-8-7-12/h3-6H,2,7-8H2,1H3,(H,13,14). The van der Waals surface area contributed by atoms with Gasteiger partial charge in [-0.25, -0.2) is 0 Å². The lowest BCUT2D eigenvalue weighted by Gasteiger charge is -2.03. The van der Waals surface area contributed by atoms with Crippen LogP contribution < -0.4 is 5.32 Å². The van der Waals surface area contributed by atoms with Crippen LogP contribution in [0.25, 0.3) is 0 Å². The van der Waals surface area contributed by atoms with Crippen LogP contribution in [-0.2, 0) is 6.42 Å². The van der Waals surface area contributed by atoms with Gasteiger partial charge < -0.3 is 5.32 Å². The molecule has 0 fully saturated rings. The monoisotopic (exact) mass is 255 g/mol. The summed E-state index contributed by atoms with van der Waals surface area (Å²) in [5.74, 6) is -0.00731. The Kier molecular flexibility index (Phi) is 4.66. The molecule has 0 aliphatic heterocycles. The van der Waals surface area contributed by atoms with E-state index in [2.05, 4.69) is 28.2 Å². The molecule has 0 radical (unpaired) electrons. The molecular formula is C11H14BrNO. The number of hydrogen-bond donors (Lipinski definition) is 1. The molecule has 0 spiro atoms. The summed E-state index contributed by atoms with van der Waals surface area (Å²) in [6.07, 6.45) is 1.00. The third-order valence-electron chi connectivity index (χ3n) is 2.00. The molecule has 0 aliphatic rings. The number of hydrogen-bond acceptors (Lipinski definition) is 1. The van der Waals surface area contributed by atoms with Crippen molar-refractivity contribution in [2.75, 3.05) is 11.9 Å². The summed E-state index contributed by atoms with van der Waals surface area (Å²) >= 11 is 3.26. The van der Waals surface area contributed by atoms with E-state index >= 15 is 0 Å². The summed E-state index contributed by atoms with van der Waals surface area (Å²) in [5.41, 5.74) is 1.98. The molecule has 1 N–H and O–H groups in total. The van der Waals surface area contributed by atoms with Gasteiger partial charge in [-0.1, -0.05) is 35.0 Å². The van der Waals surface area contributed by atoms with Crippen LogP contribution in [-0.4, -0.2) is 17.8 Å². The topological polar surface area (TPSA) is 29.1 Å². The Morgan fingerprint density at radius 1 is 1.36 bits per heavy atom. The average Bonchev–Trinajstić information content (AvgIpc) is 2.26. The van der Waals surface area contributed by atoms with Crippen LogP contribution in [0.4, 0.5) is 0 Å². The number of carbonyl (C=O) groups is 1.